The molecule has 1 radical (unpaired) electrons. The van der Waals surface area contributed by atoms with Crippen molar-refractivity contribution in [1.29, 1.82) is 0 Å². The van der Waals surface area contributed by atoms with Crippen LogP contribution in [0.4, 0.5) is 26.3 Å². The molecular weight excluding hydrogens is 202 g/mol. The molecule has 0 unspecified atom stereocenters. The zero-order valence-corrected chi connectivity index (χ0v) is 5.75. The van der Waals surface area contributed by atoms with E-state index in [0.717, 1.165) is 6.26 Å². The van der Waals surface area contributed by atoms with Crippen molar-refractivity contribution in [3.8, 4) is 0 Å². The zero-order valence-electron chi connectivity index (χ0n) is 5.75. The number of alkyl halides is 6. The molecule has 13 heavy (non-hydrogen) atoms. The molecule has 1 aromatic heterocycles. The van der Waals surface area contributed by atoms with E-state index in [1.54, 1.807) is 0 Å². The van der Waals surface area contributed by atoms with Crippen molar-refractivity contribution in [1.82, 2.24) is 0 Å². The Morgan fingerprint density at radius 1 is 1.00 bits per heavy atom. The Morgan fingerprint density at radius 2 is 1.54 bits per heavy atom. The molecule has 0 aliphatic rings. The maximum Gasteiger partial charge on any atom is 0.420 e. The van der Waals surface area contributed by atoms with Gasteiger partial charge in [-0.05, 0) is 0 Å². The largest absolute Gasteiger partial charge is 0.460 e. The van der Waals surface area contributed by atoms with Crippen LogP contribution in [0.3, 0.4) is 0 Å². The van der Waals surface area contributed by atoms with Gasteiger partial charge in [-0.1, -0.05) is 0 Å². The standard InChI is InChI=1S/C6HF6O/c7-5(8,9)3-1-13-2-4(3)6(10,11)12/h1H. The molecule has 0 aromatic carbocycles. The van der Waals surface area contributed by atoms with Crippen LogP contribution in [0.15, 0.2) is 10.7 Å². The van der Waals surface area contributed by atoms with Crippen molar-refractivity contribution in [2.75, 3.05) is 0 Å². The van der Waals surface area contributed by atoms with Gasteiger partial charge in [-0.15, -0.1) is 0 Å². The lowest BCUT2D eigenvalue weighted by Gasteiger charge is -2.08. The Bertz CT molecular complexity index is 264. The second-order valence-electron chi connectivity index (χ2n) is 2.12. The predicted molar refractivity (Wildman–Crippen MR) is 27.5 cm³/mol. The maximum absolute atomic E-state index is 11.8. The molecule has 0 saturated heterocycles. The average molecular weight is 203 g/mol. The molecule has 1 nitrogen and oxygen atoms in total. The van der Waals surface area contributed by atoms with Crippen molar-refractivity contribution in [3.05, 3.63) is 23.7 Å². The Morgan fingerprint density at radius 3 is 1.85 bits per heavy atom. The fourth-order valence-electron chi connectivity index (χ4n) is 0.680. The van der Waals surface area contributed by atoms with E-state index in [4.69, 9.17) is 0 Å². The summed E-state index contributed by atoms with van der Waals surface area (Å²) in [5.74, 6) is 0. The van der Waals surface area contributed by atoms with Crippen molar-refractivity contribution in [2.24, 2.45) is 0 Å². The van der Waals surface area contributed by atoms with Gasteiger partial charge < -0.3 is 4.42 Å². The lowest BCUT2D eigenvalue weighted by atomic mass is 10.2. The molecule has 0 spiro atoms. The summed E-state index contributed by atoms with van der Waals surface area (Å²) >= 11 is 0. The minimum atomic E-state index is -5.10. The maximum atomic E-state index is 11.8. The van der Waals surface area contributed by atoms with Crippen molar-refractivity contribution >= 4 is 0 Å². The van der Waals surface area contributed by atoms with E-state index in [1.165, 1.54) is 0 Å². The summed E-state index contributed by atoms with van der Waals surface area (Å²) in [6.45, 7) is 0. The van der Waals surface area contributed by atoms with Gasteiger partial charge in [0.1, 0.15) is 17.4 Å². The lowest BCUT2D eigenvalue weighted by Crippen LogP contribution is -2.13. The van der Waals surface area contributed by atoms with Crippen LogP contribution >= 0.6 is 0 Å². The molecule has 0 aliphatic heterocycles. The smallest absolute Gasteiger partial charge is 0.420 e. The number of hydrogen-bond acceptors (Lipinski definition) is 1. The van der Waals surface area contributed by atoms with E-state index in [0.29, 0.717) is 0 Å². The van der Waals surface area contributed by atoms with E-state index >= 15 is 0 Å². The van der Waals surface area contributed by atoms with Gasteiger partial charge in [-0.2, -0.15) is 26.3 Å². The Labute approximate surface area is 67.9 Å². The summed E-state index contributed by atoms with van der Waals surface area (Å²) < 4.78 is 74.7. The van der Waals surface area contributed by atoms with Crippen LogP contribution in [0.25, 0.3) is 0 Å². The first kappa shape index (κ1) is 9.94. The van der Waals surface area contributed by atoms with E-state index in [1.807, 2.05) is 0 Å². The molecule has 0 fully saturated rings. The van der Waals surface area contributed by atoms with E-state index in [9.17, 15) is 26.3 Å². The van der Waals surface area contributed by atoms with Crippen LogP contribution in [0.1, 0.15) is 11.1 Å². The van der Waals surface area contributed by atoms with Gasteiger partial charge in [0.25, 0.3) is 0 Å². The number of rotatable bonds is 0. The van der Waals surface area contributed by atoms with E-state index < -0.39 is 23.5 Å². The molecule has 1 heterocycles. The third-order valence-electron chi connectivity index (χ3n) is 1.20. The third-order valence-corrected chi connectivity index (χ3v) is 1.20. The van der Waals surface area contributed by atoms with Gasteiger partial charge in [-0.25, -0.2) is 0 Å². The molecule has 0 amide bonds. The fraction of sp³-hybridized carbons (Fsp3) is 0.333. The lowest BCUT2D eigenvalue weighted by molar-refractivity contribution is -0.161. The number of hydrogen-bond donors (Lipinski definition) is 0. The van der Waals surface area contributed by atoms with E-state index in [2.05, 4.69) is 4.42 Å². The molecule has 1 rings (SSSR count). The first-order valence-corrected chi connectivity index (χ1v) is 2.86. The van der Waals surface area contributed by atoms with Gasteiger partial charge in [0.15, 0.2) is 6.26 Å². The highest BCUT2D eigenvalue weighted by atomic mass is 19.4. The van der Waals surface area contributed by atoms with Crippen molar-refractivity contribution in [3.63, 3.8) is 0 Å². The summed E-state index contributed by atoms with van der Waals surface area (Å²) in [5, 5.41) is 0. The number of halogens is 6. The SMILES string of the molecule is FC(F)(F)c1[c]occ1C(F)(F)F. The van der Waals surface area contributed by atoms with Gasteiger partial charge in [0.2, 0.25) is 0 Å². The summed E-state index contributed by atoms with van der Waals surface area (Å²) in [7, 11) is 0. The summed E-state index contributed by atoms with van der Waals surface area (Å²) in [6, 6.07) is 0. The van der Waals surface area contributed by atoms with Crippen molar-refractivity contribution in [2.45, 2.75) is 12.4 Å². The van der Waals surface area contributed by atoms with Crippen LogP contribution < -0.4 is 0 Å². The summed E-state index contributed by atoms with van der Waals surface area (Å²) in [4.78, 5) is 0. The minimum Gasteiger partial charge on any atom is -0.460 e. The molecule has 0 N–H and O–H groups in total. The highest BCUT2D eigenvalue weighted by molar-refractivity contribution is 5.25. The summed E-state index contributed by atoms with van der Waals surface area (Å²) in [6.07, 6.45) is -9.07. The Balaban J connectivity index is 3.19. The molecule has 7 heteroatoms. The van der Waals surface area contributed by atoms with Crippen LogP contribution in [-0.2, 0) is 12.4 Å². The molecule has 0 atom stereocenters. The molecule has 0 bridgehead atoms. The fourth-order valence-corrected chi connectivity index (χ4v) is 0.680. The average Bonchev–Trinajstić information content (AvgIpc) is 2.27. The molecular formula is C6HF6O. The van der Waals surface area contributed by atoms with Crippen LogP contribution in [0, 0.1) is 6.26 Å². The topological polar surface area (TPSA) is 13.1 Å². The van der Waals surface area contributed by atoms with Gasteiger partial charge in [0, 0.05) is 0 Å². The highest BCUT2D eigenvalue weighted by Crippen LogP contribution is 2.40. The van der Waals surface area contributed by atoms with Crippen molar-refractivity contribution < 1.29 is 30.8 Å². The third kappa shape index (κ3) is 1.96. The Kier molecular flexibility index (Phi) is 2.05. The first-order chi connectivity index (χ1) is 5.73. The molecule has 1 aromatic rings. The minimum absolute atomic E-state index is 0.0250. The first-order valence-electron chi connectivity index (χ1n) is 2.86. The second-order valence-corrected chi connectivity index (χ2v) is 2.12. The second kappa shape index (κ2) is 2.68. The predicted octanol–water partition coefficient (Wildman–Crippen LogP) is 3.12. The normalized spacial score (nSPS) is 13.4. The molecule has 73 valence electrons. The zero-order chi connectivity index (χ0) is 10.3. The van der Waals surface area contributed by atoms with Gasteiger partial charge >= 0.3 is 12.4 Å². The van der Waals surface area contributed by atoms with Crippen LogP contribution in [0.2, 0.25) is 0 Å². The van der Waals surface area contributed by atoms with Crippen LogP contribution in [-0.4, -0.2) is 0 Å². The molecule has 0 saturated carbocycles. The quantitative estimate of drug-likeness (QED) is 0.590. The number of furan rings is 1. The van der Waals surface area contributed by atoms with Gasteiger partial charge in [0.05, 0.1) is 0 Å². The van der Waals surface area contributed by atoms with E-state index in [-0.39, 0.29) is 6.26 Å². The molecule has 0 aliphatic carbocycles. The highest BCUT2D eigenvalue weighted by Gasteiger charge is 2.45. The van der Waals surface area contributed by atoms with Crippen LogP contribution in [0.5, 0.6) is 0 Å². The monoisotopic (exact) mass is 203 g/mol. The Hall–Kier alpha value is -1.14. The van der Waals surface area contributed by atoms with Gasteiger partial charge in [-0.3, -0.25) is 0 Å². The summed E-state index contributed by atoms with van der Waals surface area (Å²) in [5.41, 5.74) is -3.79.